The van der Waals surface area contributed by atoms with Crippen molar-refractivity contribution in [3.05, 3.63) is 56.7 Å². The van der Waals surface area contributed by atoms with Crippen LogP contribution in [0.5, 0.6) is 0 Å². The fourth-order valence-corrected chi connectivity index (χ4v) is 4.40. The molecule has 4 rings (SSSR count). The summed E-state index contributed by atoms with van der Waals surface area (Å²) in [6.07, 6.45) is 1.43. The molecule has 4 nitrogen and oxygen atoms in total. The van der Waals surface area contributed by atoms with Gasteiger partial charge in [-0.05, 0) is 36.1 Å². The minimum Gasteiger partial charge on any atom is -0.319 e. The highest BCUT2D eigenvalue weighted by molar-refractivity contribution is 7.16. The number of hydrogen-bond acceptors (Lipinski definition) is 3. The van der Waals surface area contributed by atoms with Crippen LogP contribution in [0.15, 0.2) is 36.4 Å². The van der Waals surface area contributed by atoms with E-state index in [4.69, 9.17) is 11.6 Å². The van der Waals surface area contributed by atoms with Gasteiger partial charge in [-0.25, -0.2) is 4.79 Å². The molecule has 1 aromatic heterocycles. The number of fused-ring (bicyclic) bond motifs is 2. The molecule has 1 aromatic carbocycles. The Hall–Kier alpha value is -1.85. The Morgan fingerprint density at radius 3 is 2.82 bits per heavy atom. The van der Waals surface area contributed by atoms with Gasteiger partial charge >= 0.3 is 6.03 Å². The van der Waals surface area contributed by atoms with Gasteiger partial charge in [0.25, 0.3) is 5.91 Å². The van der Waals surface area contributed by atoms with E-state index in [-0.39, 0.29) is 18.5 Å². The van der Waals surface area contributed by atoms with Crippen LogP contribution in [0.4, 0.5) is 4.79 Å². The number of thiophene rings is 1. The summed E-state index contributed by atoms with van der Waals surface area (Å²) in [7, 11) is 0. The fourth-order valence-electron chi connectivity index (χ4n) is 3.33. The van der Waals surface area contributed by atoms with Crippen LogP contribution >= 0.6 is 22.9 Å². The van der Waals surface area contributed by atoms with Crippen molar-refractivity contribution >= 4 is 34.9 Å². The first-order valence-electron chi connectivity index (χ1n) is 7.07. The highest BCUT2D eigenvalue weighted by atomic mass is 35.5. The molecule has 2 aliphatic rings. The summed E-state index contributed by atoms with van der Waals surface area (Å²) in [5.74, 6) is -0.160. The summed E-state index contributed by atoms with van der Waals surface area (Å²) in [4.78, 5) is 27.5. The molecule has 0 radical (unpaired) electrons. The van der Waals surface area contributed by atoms with Crippen molar-refractivity contribution in [3.8, 4) is 0 Å². The van der Waals surface area contributed by atoms with E-state index < -0.39 is 5.54 Å². The number of urea groups is 1. The Labute approximate surface area is 136 Å². The van der Waals surface area contributed by atoms with E-state index in [0.717, 1.165) is 22.4 Å². The lowest BCUT2D eigenvalue weighted by Gasteiger charge is -2.22. The van der Waals surface area contributed by atoms with Crippen LogP contribution in [0, 0.1) is 0 Å². The van der Waals surface area contributed by atoms with Gasteiger partial charge in [-0.2, -0.15) is 0 Å². The quantitative estimate of drug-likeness (QED) is 0.858. The van der Waals surface area contributed by atoms with Gasteiger partial charge in [0.2, 0.25) is 0 Å². The van der Waals surface area contributed by atoms with E-state index in [1.165, 1.54) is 16.2 Å². The van der Waals surface area contributed by atoms with Crippen LogP contribution in [0.1, 0.15) is 22.4 Å². The number of nitrogens with zero attached hydrogens (tertiary/aromatic N) is 1. The zero-order valence-corrected chi connectivity index (χ0v) is 13.2. The first-order valence-corrected chi connectivity index (χ1v) is 8.26. The van der Waals surface area contributed by atoms with Crippen molar-refractivity contribution in [1.29, 1.82) is 0 Å². The lowest BCUT2D eigenvalue weighted by atomic mass is 9.92. The van der Waals surface area contributed by atoms with Crippen molar-refractivity contribution in [1.82, 2.24) is 10.2 Å². The van der Waals surface area contributed by atoms with Gasteiger partial charge in [-0.1, -0.05) is 35.9 Å². The van der Waals surface area contributed by atoms with E-state index in [0.29, 0.717) is 10.8 Å². The molecule has 112 valence electrons. The van der Waals surface area contributed by atoms with Gasteiger partial charge in [0.15, 0.2) is 0 Å². The second-order valence-electron chi connectivity index (χ2n) is 5.59. The van der Waals surface area contributed by atoms with Gasteiger partial charge < -0.3 is 5.32 Å². The number of aryl methyl sites for hydroxylation is 1. The molecular weight excluding hydrogens is 320 g/mol. The molecule has 22 heavy (non-hydrogen) atoms. The maximum atomic E-state index is 12.9. The van der Waals surface area contributed by atoms with Gasteiger partial charge in [-0.3, -0.25) is 9.69 Å². The minimum absolute atomic E-state index is 0.160. The molecule has 1 saturated heterocycles. The summed E-state index contributed by atoms with van der Waals surface area (Å²) in [6.45, 7) is 0.270. The Bertz CT molecular complexity index is 788. The molecule has 0 saturated carbocycles. The van der Waals surface area contributed by atoms with Gasteiger partial charge in [0.05, 0.1) is 10.9 Å². The molecule has 1 spiro atoms. The van der Waals surface area contributed by atoms with Crippen molar-refractivity contribution < 1.29 is 9.59 Å². The van der Waals surface area contributed by atoms with Crippen LogP contribution in [-0.2, 0) is 23.3 Å². The smallest absolute Gasteiger partial charge is 0.319 e. The minimum atomic E-state index is -0.880. The zero-order chi connectivity index (χ0) is 15.3. The summed E-state index contributed by atoms with van der Waals surface area (Å²) in [5, 5.41) is 2.92. The van der Waals surface area contributed by atoms with E-state index in [2.05, 4.69) is 5.32 Å². The molecule has 3 amide bonds. The Morgan fingerprint density at radius 2 is 2.05 bits per heavy atom. The summed E-state index contributed by atoms with van der Waals surface area (Å²) in [5.41, 5.74) is 1.19. The van der Waals surface area contributed by atoms with Crippen LogP contribution in [-0.4, -0.2) is 16.8 Å². The van der Waals surface area contributed by atoms with E-state index in [1.54, 1.807) is 6.07 Å². The highest BCUT2D eigenvalue weighted by Gasteiger charge is 2.55. The SMILES string of the molecule is O=C1N[C@]2(CCc3ccccc32)C(=O)N1Cc1ccc(Cl)s1. The third-order valence-corrected chi connectivity index (χ3v) is 5.58. The number of halogens is 1. The van der Waals surface area contributed by atoms with Crippen LogP contribution in [0.25, 0.3) is 0 Å². The lowest BCUT2D eigenvalue weighted by Crippen LogP contribution is -2.41. The first kappa shape index (κ1) is 13.8. The molecule has 0 unspecified atom stereocenters. The molecule has 2 heterocycles. The maximum absolute atomic E-state index is 12.9. The number of nitrogens with one attached hydrogen (secondary N) is 1. The number of imide groups is 1. The standard InChI is InChI=1S/C16H13ClN2O2S/c17-13-6-5-11(22-13)9-19-14(20)16(18-15(19)21)8-7-10-3-1-2-4-12(10)16/h1-6H,7-9H2,(H,18,21)/t16-/m0/s1. The molecule has 1 atom stereocenters. The van der Waals surface area contributed by atoms with E-state index >= 15 is 0 Å². The summed E-state index contributed by atoms with van der Waals surface area (Å²) < 4.78 is 0.656. The molecule has 6 heteroatoms. The van der Waals surface area contributed by atoms with Crippen LogP contribution in [0.3, 0.4) is 0 Å². The highest BCUT2D eigenvalue weighted by Crippen LogP contribution is 2.41. The third kappa shape index (κ3) is 1.89. The number of hydrogen-bond donors (Lipinski definition) is 1. The lowest BCUT2D eigenvalue weighted by molar-refractivity contribution is -0.132. The maximum Gasteiger partial charge on any atom is 0.325 e. The normalized spacial score (nSPS) is 23.2. The van der Waals surface area contributed by atoms with Crippen molar-refractivity contribution in [2.24, 2.45) is 0 Å². The van der Waals surface area contributed by atoms with Gasteiger partial charge in [-0.15, -0.1) is 11.3 Å². The van der Waals surface area contributed by atoms with Crippen molar-refractivity contribution in [2.45, 2.75) is 24.9 Å². The number of carbonyl (C=O) groups excluding carboxylic acids is 2. The summed E-state index contributed by atoms with van der Waals surface area (Å²) in [6, 6.07) is 11.1. The van der Waals surface area contributed by atoms with Crippen LogP contribution in [0.2, 0.25) is 4.34 Å². The predicted molar refractivity (Wildman–Crippen MR) is 84.9 cm³/mol. The first-order chi connectivity index (χ1) is 10.6. The Balaban J connectivity index is 1.68. The number of carbonyl (C=O) groups is 2. The van der Waals surface area contributed by atoms with Crippen molar-refractivity contribution in [2.75, 3.05) is 0 Å². The average molecular weight is 333 g/mol. The summed E-state index contributed by atoms with van der Waals surface area (Å²) >= 11 is 7.31. The molecule has 1 aliphatic carbocycles. The van der Waals surface area contributed by atoms with Gasteiger partial charge in [0.1, 0.15) is 5.54 Å². The predicted octanol–water partition coefficient (Wildman–Crippen LogP) is 3.30. The average Bonchev–Trinajstić information content (AvgIpc) is 3.15. The van der Waals surface area contributed by atoms with Crippen molar-refractivity contribution in [3.63, 3.8) is 0 Å². The molecule has 1 fully saturated rings. The second-order valence-corrected chi connectivity index (χ2v) is 7.39. The van der Waals surface area contributed by atoms with E-state index in [1.807, 2.05) is 30.3 Å². The topological polar surface area (TPSA) is 49.4 Å². The zero-order valence-electron chi connectivity index (χ0n) is 11.6. The molecule has 0 bridgehead atoms. The Kier molecular flexibility index (Phi) is 3.03. The number of benzene rings is 1. The molecule has 1 N–H and O–H groups in total. The van der Waals surface area contributed by atoms with Gasteiger partial charge in [0, 0.05) is 4.88 Å². The molecule has 1 aliphatic heterocycles. The fraction of sp³-hybridized carbons (Fsp3) is 0.250. The molecular formula is C16H13ClN2O2S. The Morgan fingerprint density at radius 1 is 1.23 bits per heavy atom. The number of rotatable bonds is 2. The number of amides is 3. The van der Waals surface area contributed by atoms with E-state index in [9.17, 15) is 9.59 Å². The van der Waals surface area contributed by atoms with Crippen LogP contribution < -0.4 is 5.32 Å². The monoisotopic (exact) mass is 332 g/mol. The second kappa shape index (κ2) is 4.83. The third-order valence-electron chi connectivity index (χ3n) is 4.37. The largest absolute Gasteiger partial charge is 0.325 e. The molecule has 2 aromatic rings.